The molecule has 186 valence electrons. The second-order valence-electron chi connectivity index (χ2n) is 14.9. The first-order chi connectivity index (χ1) is 15.5. The fourth-order valence-corrected chi connectivity index (χ4v) is 6.31. The van der Waals surface area contributed by atoms with Crippen molar-refractivity contribution in [1.29, 1.82) is 0 Å². The van der Waals surface area contributed by atoms with Crippen molar-refractivity contribution in [2.24, 2.45) is 5.41 Å². The van der Waals surface area contributed by atoms with Gasteiger partial charge in [0.05, 0.1) is 0 Å². The molecule has 0 aliphatic heterocycles. The van der Waals surface area contributed by atoms with E-state index < -0.39 is 0 Å². The summed E-state index contributed by atoms with van der Waals surface area (Å²) in [5.74, 6) is 0. The fraction of sp³-hybridized carbons (Fsp3) is 0.636. The molecule has 1 unspecified atom stereocenters. The standard InChI is InChI=1S/C33H49N/c1-29(2,3)15-19-33(10)20-18-32(8,9)28-22-24(12-14-26(28)33)34-23-11-13-25-27(21-23)31(6,7)17-16-30(25,4)5/h11-14,21-22,34H,15-20H2,1-10H3. The normalized spacial score (nSPS) is 24.8. The van der Waals surface area contributed by atoms with E-state index in [2.05, 4.69) is 111 Å². The number of nitrogens with one attached hydrogen (secondary N) is 1. The maximum Gasteiger partial charge on any atom is 0.0387 e. The third-order valence-corrected chi connectivity index (χ3v) is 9.27. The van der Waals surface area contributed by atoms with Crippen molar-refractivity contribution < 1.29 is 0 Å². The minimum atomic E-state index is 0.218. The van der Waals surface area contributed by atoms with Crippen LogP contribution in [-0.2, 0) is 21.7 Å². The molecule has 1 nitrogen and oxygen atoms in total. The second kappa shape index (κ2) is 8.14. The summed E-state index contributed by atoms with van der Waals surface area (Å²) in [6.07, 6.45) is 7.58. The molecule has 4 rings (SSSR count). The van der Waals surface area contributed by atoms with E-state index >= 15 is 0 Å². The number of anilines is 2. The Morgan fingerprint density at radius 1 is 0.618 bits per heavy atom. The molecular weight excluding hydrogens is 410 g/mol. The van der Waals surface area contributed by atoms with Crippen LogP contribution in [0, 0.1) is 5.41 Å². The molecule has 0 spiro atoms. The van der Waals surface area contributed by atoms with Crippen LogP contribution in [0.5, 0.6) is 0 Å². The van der Waals surface area contributed by atoms with Crippen molar-refractivity contribution in [1.82, 2.24) is 0 Å². The van der Waals surface area contributed by atoms with Crippen molar-refractivity contribution in [3.8, 4) is 0 Å². The van der Waals surface area contributed by atoms with Gasteiger partial charge in [0.15, 0.2) is 0 Å². The van der Waals surface area contributed by atoms with E-state index in [0.29, 0.717) is 5.41 Å². The van der Waals surface area contributed by atoms with Crippen molar-refractivity contribution in [3.63, 3.8) is 0 Å². The molecule has 0 heterocycles. The first-order valence-electron chi connectivity index (χ1n) is 13.6. The molecule has 2 aromatic rings. The van der Waals surface area contributed by atoms with Crippen LogP contribution in [0.15, 0.2) is 36.4 Å². The molecule has 1 N–H and O–H groups in total. The maximum atomic E-state index is 3.79. The van der Waals surface area contributed by atoms with Gasteiger partial charge in [-0.1, -0.05) is 81.4 Å². The monoisotopic (exact) mass is 459 g/mol. The zero-order chi connectivity index (χ0) is 25.2. The summed E-state index contributed by atoms with van der Waals surface area (Å²) >= 11 is 0. The minimum Gasteiger partial charge on any atom is -0.356 e. The number of hydrogen-bond acceptors (Lipinski definition) is 1. The highest BCUT2D eigenvalue weighted by atomic mass is 14.9. The summed E-state index contributed by atoms with van der Waals surface area (Å²) in [5, 5.41) is 3.79. The number of rotatable bonds is 4. The molecular formula is C33H49N. The molecule has 2 aliphatic carbocycles. The van der Waals surface area contributed by atoms with Crippen LogP contribution < -0.4 is 5.32 Å². The van der Waals surface area contributed by atoms with Gasteiger partial charge in [-0.3, -0.25) is 0 Å². The Morgan fingerprint density at radius 3 is 1.59 bits per heavy atom. The van der Waals surface area contributed by atoms with Crippen molar-refractivity contribution in [3.05, 3.63) is 58.7 Å². The summed E-state index contributed by atoms with van der Waals surface area (Å²) in [6, 6.07) is 14.3. The van der Waals surface area contributed by atoms with Gasteiger partial charge in [-0.25, -0.2) is 0 Å². The third kappa shape index (κ3) is 4.82. The topological polar surface area (TPSA) is 12.0 Å². The highest BCUT2D eigenvalue weighted by molar-refractivity contribution is 5.65. The SMILES string of the molecule is CC(C)(C)CCC1(C)CCC(C)(C)c2cc(Nc3ccc4c(c3)C(C)(C)CCC4(C)C)ccc21. The van der Waals surface area contributed by atoms with Gasteiger partial charge in [0.2, 0.25) is 0 Å². The third-order valence-electron chi connectivity index (χ3n) is 9.27. The van der Waals surface area contributed by atoms with E-state index in [1.165, 1.54) is 61.0 Å². The smallest absolute Gasteiger partial charge is 0.0387 e. The van der Waals surface area contributed by atoms with Gasteiger partial charge in [-0.2, -0.15) is 0 Å². The average Bonchev–Trinajstić information content (AvgIpc) is 2.73. The number of fused-ring (bicyclic) bond motifs is 2. The van der Waals surface area contributed by atoms with Crippen LogP contribution in [0.25, 0.3) is 0 Å². The van der Waals surface area contributed by atoms with Gasteiger partial charge < -0.3 is 5.32 Å². The first kappa shape index (κ1) is 25.3. The summed E-state index contributed by atoms with van der Waals surface area (Å²) in [7, 11) is 0. The Bertz CT molecular complexity index is 1060. The van der Waals surface area contributed by atoms with Crippen LogP contribution in [0.1, 0.15) is 130 Å². The quantitative estimate of drug-likeness (QED) is 0.479. The Balaban J connectivity index is 1.67. The molecule has 0 bridgehead atoms. The minimum absolute atomic E-state index is 0.218. The molecule has 0 saturated carbocycles. The second-order valence-corrected chi connectivity index (χ2v) is 14.9. The van der Waals surface area contributed by atoms with Crippen LogP contribution in [0.4, 0.5) is 11.4 Å². The zero-order valence-electron chi connectivity index (χ0n) is 23.7. The average molecular weight is 460 g/mol. The zero-order valence-corrected chi connectivity index (χ0v) is 23.7. The summed E-state index contributed by atoms with van der Waals surface area (Å²) < 4.78 is 0. The highest BCUT2D eigenvalue weighted by Crippen LogP contribution is 2.50. The Kier molecular flexibility index (Phi) is 6.07. The number of hydrogen-bond donors (Lipinski definition) is 1. The molecule has 1 atom stereocenters. The lowest BCUT2D eigenvalue weighted by atomic mass is 9.60. The predicted molar refractivity (Wildman–Crippen MR) is 150 cm³/mol. The molecule has 0 saturated heterocycles. The van der Waals surface area contributed by atoms with E-state index in [1.807, 2.05) is 0 Å². The molecule has 0 radical (unpaired) electrons. The molecule has 0 aromatic heterocycles. The van der Waals surface area contributed by atoms with E-state index in [1.54, 1.807) is 11.1 Å². The Hall–Kier alpha value is -1.76. The summed E-state index contributed by atoms with van der Waals surface area (Å²) in [6.45, 7) is 24.1. The van der Waals surface area contributed by atoms with E-state index in [0.717, 1.165) is 0 Å². The van der Waals surface area contributed by atoms with Crippen LogP contribution in [0.2, 0.25) is 0 Å². The molecule has 1 heteroatoms. The van der Waals surface area contributed by atoms with Gasteiger partial charge in [0.1, 0.15) is 0 Å². The largest absolute Gasteiger partial charge is 0.356 e. The number of benzene rings is 2. The summed E-state index contributed by atoms with van der Waals surface area (Å²) in [4.78, 5) is 0. The van der Waals surface area contributed by atoms with Crippen LogP contribution >= 0.6 is 0 Å². The van der Waals surface area contributed by atoms with E-state index in [9.17, 15) is 0 Å². The maximum absolute atomic E-state index is 3.79. The Morgan fingerprint density at radius 2 is 1.06 bits per heavy atom. The van der Waals surface area contributed by atoms with Crippen molar-refractivity contribution in [2.75, 3.05) is 5.32 Å². The van der Waals surface area contributed by atoms with E-state index in [-0.39, 0.29) is 21.7 Å². The molecule has 2 aromatic carbocycles. The van der Waals surface area contributed by atoms with Gasteiger partial charge in [-0.15, -0.1) is 0 Å². The van der Waals surface area contributed by atoms with Gasteiger partial charge in [0.25, 0.3) is 0 Å². The fourth-order valence-electron chi connectivity index (χ4n) is 6.31. The lowest BCUT2D eigenvalue weighted by Crippen LogP contribution is -2.36. The molecule has 0 amide bonds. The predicted octanol–water partition coefficient (Wildman–Crippen LogP) is 9.93. The lowest BCUT2D eigenvalue weighted by molar-refractivity contribution is 0.251. The van der Waals surface area contributed by atoms with Gasteiger partial charge in [0, 0.05) is 11.4 Å². The molecule has 0 fully saturated rings. The van der Waals surface area contributed by atoms with Crippen molar-refractivity contribution in [2.45, 2.75) is 129 Å². The lowest BCUT2D eigenvalue weighted by Gasteiger charge is -2.45. The van der Waals surface area contributed by atoms with Crippen LogP contribution in [-0.4, -0.2) is 0 Å². The van der Waals surface area contributed by atoms with Gasteiger partial charge in [-0.05, 0) is 112 Å². The van der Waals surface area contributed by atoms with Gasteiger partial charge >= 0.3 is 0 Å². The summed E-state index contributed by atoms with van der Waals surface area (Å²) in [5.41, 5.74) is 9.96. The van der Waals surface area contributed by atoms with Crippen molar-refractivity contribution >= 4 is 11.4 Å². The van der Waals surface area contributed by atoms with Crippen LogP contribution in [0.3, 0.4) is 0 Å². The Labute approximate surface area is 210 Å². The first-order valence-corrected chi connectivity index (χ1v) is 13.6. The highest BCUT2D eigenvalue weighted by Gasteiger charge is 2.40. The molecule has 2 aliphatic rings. The van der Waals surface area contributed by atoms with E-state index in [4.69, 9.17) is 0 Å². The molecule has 34 heavy (non-hydrogen) atoms.